The van der Waals surface area contributed by atoms with Gasteiger partial charge < -0.3 is 4.42 Å². The normalized spacial score (nSPS) is 19.1. The molecular formula is C31H26N2O+2. The van der Waals surface area contributed by atoms with Gasteiger partial charge in [-0.3, -0.25) is 0 Å². The lowest BCUT2D eigenvalue weighted by Crippen LogP contribution is -2.71. The average Bonchev–Trinajstić information content (AvgIpc) is 3.48. The monoisotopic (exact) mass is 442 g/mol. The summed E-state index contributed by atoms with van der Waals surface area (Å²) in [6, 6.07) is 22.5. The van der Waals surface area contributed by atoms with E-state index in [0.717, 1.165) is 18.4 Å². The molecule has 2 aliphatic heterocycles. The van der Waals surface area contributed by atoms with Crippen LogP contribution in [0.1, 0.15) is 46.4 Å². The van der Waals surface area contributed by atoms with E-state index in [9.17, 15) is 0 Å². The molecule has 0 fully saturated rings. The summed E-state index contributed by atoms with van der Waals surface area (Å²) in [6.07, 6.45) is 9.18. The van der Waals surface area contributed by atoms with Gasteiger partial charge in [-0.25, -0.2) is 0 Å². The maximum atomic E-state index is 6.77. The number of furan rings is 1. The van der Waals surface area contributed by atoms with Crippen LogP contribution in [0, 0.1) is 13.8 Å². The van der Waals surface area contributed by atoms with Crippen LogP contribution in [-0.2, 0) is 18.5 Å². The Kier molecular flexibility index (Phi) is 3.43. The van der Waals surface area contributed by atoms with E-state index in [2.05, 4.69) is 96.0 Å². The molecule has 8 rings (SSSR count). The second-order valence-electron chi connectivity index (χ2n) is 10.2. The molecule has 1 atom stereocenters. The fourth-order valence-corrected chi connectivity index (χ4v) is 6.99. The van der Waals surface area contributed by atoms with Gasteiger partial charge in [-0.2, -0.15) is 0 Å². The fraction of sp³-hybridized carbons (Fsp3) is 0.226. The van der Waals surface area contributed by atoms with Crippen molar-refractivity contribution in [3.8, 4) is 22.5 Å². The largest absolute Gasteiger partial charge is 0.460 e. The van der Waals surface area contributed by atoms with Crippen LogP contribution in [0.5, 0.6) is 0 Å². The molecule has 1 spiro atoms. The molecular weight excluding hydrogens is 416 g/mol. The molecule has 5 aromatic rings. The Morgan fingerprint density at radius 3 is 2.56 bits per heavy atom. The molecule has 2 aromatic carbocycles. The third-order valence-corrected chi connectivity index (χ3v) is 8.30. The molecule has 34 heavy (non-hydrogen) atoms. The molecule has 0 bridgehead atoms. The van der Waals surface area contributed by atoms with Crippen molar-refractivity contribution in [2.75, 3.05) is 0 Å². The van der Waals surface area contributed by atoms with Gasteiger partial charge in [0.15, 0.2) is 12.4 Å². The average molecular weight is 443 g/mol. The van der Waals surface area contributed by atoms with Gasteiger partial charge in [0, 0.05) is 41.6 Å². The van der Waals surface area contributed by atoms with Crippen molar-refractivity contribution >= 4 is 11.0 Å². The van der Waals surface area contributed by atoms with Crippen LogP contribution in [0.2, 0.25) is 0 Å². The second kappa shape index (κ2) is 6.24. The van der Waals surface area contributed by atoms with Crippen molar-refractivity contribution in [3.63, 3.8) is 0 Å². The summed E-state index contributed by atoms with van der Waals surface area (Å²) >= 11 is 0. The number of benzene rings is 2. The van der Waals surface area contributed by atoms with E-state index in [1.807, 2.05) is 0 Å². The van der Waals surface area contributed by atoms with E-state index in [0.29, 0.717) is 0 Å². The minimum Gasteiger partial charge on any atom is -0.460 e. The topological polar surface area (TPSA) is 20.9 Å². The predicted octanol–water partition coefficient (Wildman–Crippen LogP) is 5.76. The highest BCUT2D eigenvalue weighted by molar-refractivity contribution is 5.99. The van der Waals surface area contributed by atoms with Gasteiger partial charge in [0.25, 0.3) is 0 Å². The highest BCUT2D eigenvalue weighted by atomic mass is 16.3. The maximum absolute atomic E-state index is 6.77. The predicted molar refractivity (Wildman–Crippen MR) is 132 cm³/mol. The number of nitrogens with zero attached hydrogens (tertiary/aromatic N) is 2. The lowest BCUT2D eigenvalue weighted by Gasteiger charge is -2.17. The fourth-order valence-electron chi connectivity index (χ4n) is 6.99. The van der Waals surface area contributed by atoms with Crippen LogP contribution in [0.3, 0.4) is 0 Å². The molecule has 1 aliphatic carbocycles. The molecule has 3 aromatic heterocycles. The number of aryl methyl sites for hydroxylation is 4. The van der Waals surface area contributed by atoms with Crippen LogP contribution in [-0.4, -0.2) is 0 Å². The van der Waals surface area contributed by atoms with Crippen LogP contribution in [0.15, 0.2) is 77.5 Å². The molecule has 164 valence electrons. The molecule has 3 aliphatic rings. The minimum atomic E-state index is -0.461. The zero-order valence-electron chi connectivity index (χ0n) is 19.6. The molecule has 0 amide bonds. The first kappa shape index (κ1) is 18.7. The summed E-state index contributed by atoms with van der Waals surface area (Å²) in [4.78, 5) is 0. The Bertz CT molecular complexity index is 1640. The van der Waals surface area contributed by atoms with Gasteiger partial charge in [-0.05, 0) is 68.5 Å². The van der Waals surface area contributed by atoms with Gasteiger partial charge in [0.05, 0.1) is 5.56 Å². The van der Waals surface area contributed by atoms with Crippen molar-refractivity contribution in [2.45, 2.75) is 45.2 Å². The molecule has 0 N–H and O–H groups in total. The summed E-state index contributed by atoms with van der Waals surface area (Å²) in [7, 11) is 0. The van der Waals surface area contributed by atoms with Crippen LogP contribution >= 0.6 is 0 Å². The van der Waals surface area contributed by atoms with Crippen molar-refractivity contribution in [2.24, 2.45) is 0 Å². The molecule has 0 radical (unpaired) electrons. The van der Waals surface area contributed by atoms with Crippen molar-refractivity contribution < 1.29 is 13.6 Å². The first-order valence-electron chi connectivity index (χ1n) is 12.4. The van der Waals surface area contributed by atoms with E-state index in [4.69, 9.17) is 4.42 Å². The lowest BCUT2D eigenvalue weighted by molar-refractivity contribution is -0.955. The smallest absolute Gasteiger partial charge is 0.417 e. The Hall–Kier alpha value is -3.72. The lowest BCUT2D eigenvalue weighted by atomic mass is 9.86. The van der Waals surface area contributed by atoms with Gasteiger partial charge in [0.1, 0.15) is 28.0 Å². The summed E-state index contributed by atoms with van der Waals surface area (Å²) < 4.78 is 11.7. The Balaban J connectivity index is 1.61. The summed E-state index contributed by atoms with van der Waals surface area (Å²) in [5.41, 5.74) is 12.4. The number of hydrogen-bond acceptors (Lipinski definition) is 1. The summed E-state index contributed by atoms with van der Waals surface area (Å²) in [5.74, 6) is 1.21. The van der Waals surface area contributed by atoms with Gasteiger partial charge in [0.2, 0.25) is 11.4 Å². The second-order valence-corrected chi connectivity index (χ2v) is 10.2. The van der Waals surface area contributed by atoms with Crippen molar-refractivity contribution in [1.29, 1.82) is 0 Å². The molecule has 0 saturated heterocycles. The van der Waals surface area contributed by atoms with E-state index < -0.39 is 5.66 Å². The standard InChI is InChI=1S/C31H26N2O/c1-19-14-16-33-26(17-19)29-24(18-20(2)28-22-10-4-6-13-27(22)34-30(28)29)31(33)23-11-5-3-9-21(23)25-12-7-8-15-32(25)31/h3,5,7-9,11-12,14-18H,4,6,10,13H2,1-2H3/q+2. The van der Waals surface area contributed by atoms with Crippen molar-refractivity contribution in [3.05, 3.63) is 107 Å². The highest BCUT2D eigenvalue weighted by Crippen LogP contribution is 2.51. The van der Waals surface area contributed by atoms with Crippen LogP contribution in [0.25, 0.3) is 33.5 Å². The number of aromatic nitrogens is 2. The minimum absolute atomic E-state index is 0.461. The third-order valence-electron chi connectivity index (χ3n) is 8.30. The Morgan fingerprint density at radius 2 is 1.62 bits per heavy atom. The van der Waals surface area contributed by atoms with Crippen molar-refractivity contribution in [1.82, 2.24) is 0 Å². The summed E-state index contributed by atoms with van der Waals surface area (Å²) in [5, 5.41) is 1.35. The zero-order valence-corrected chi connectivity index (χ0v) is 19.6. The summed E-state index contributed by atoms with van der Waals surface area (Å²) in [6.45, 7) is 4.46. The van der Waals surface area contributed by atoms with Gasteiger partial charge >= 0.3 is 5.66 Å². The Morgan fingerprint density at radius 1 is 0.794 bits per heavy atom. The van der Waals surface area contributed by atoms with Crippen LogP contribution in [0.4, 0.5) is 0 Å². The van der Waals surface area contributed by atoms with E-state index in [-0.39, 0.29) is 0 Å². The molecule has 3 heteroatoms. The number of pyridine rings is 2. The quantitative estimate of drug-likeness (QED) is 0.274. The number of hydrogen-bond donors (Lipinski definition) is 0. The zero-order chi connectivity index (χ0) is 22.6. The van der Waals surface area contributed by atoms with E-state index in [1.54, 1.807) is 0 Å². The van der Waals surface area contributed by atoms with E-state index in [1.165, 1.54) is 74.3 Å². The molecule has 0 saturated carbocycles. The molecule has 1 unspecified atom stereocenters. The van der Waals surface area contributed by atoms with Gasteiger partial charge in [-0.1, -0.05) is 12.1 Å². The maximum Gasteiger partial charge on any atom is 0.417 e. The SMILES string of the molecule is Cc1cc[n+]2c(c1)-c1c(cc(C)c3c4c(oc13)CCCC4)C21c2ccccc2-c2cccc[n+]21. The Labute approximate surface area is 198 Å². The molecule has 5 heterocycles. The van der Waals surface area contributed by atoms with E-state index >= 15 is 0 Å². The third kappa shape index (κ3) is 2.01. The highest BCUT2D eigenvalue weighted by Gasteiger charge is 2.67. The van der Waals surface area contributed by atoms with Crippen LogP contribution < -0.4 is 9.13 Å². The number of fused-ring (bicyclic) bond motifs is 14. The number of rotatable bonds is 0. The van der Waals surface area contributed by atoms with Gasteiger partial charge in [-0.15, -0.1) is 9.13 Å². The molecule has 3 nitrogen and oxygen atoms in total. The first-order chi connectivity index (χ1) is 16.7. The first-order valence-corrected chi connectivity index (χ1v) is 12.4.